The summed E-state index contributed by atoms with van der Waals surface area (Å²) in [5.74, 6) is -0.799. The highest BCUT2D eigenvalue weighted by Crippen LogP contribution is 2.20. The van der Waals surface area contributed by atoms with Gasteiger partial charge in [0.1, 0.15) is 6.04 Å². The van der Waals surface area contributed by atoms with Gasteiger partial charge in [-0.25, -0.2) is 0 Å². The van der Waals surface area contributed by atoms with Crippen LogP contribution in [0.15, 0.2) is 0 Å². The monoisotopic (exact) mass is 232 g/mol. The number of carboxylic acid groups (broad SMARTS) is 1. The minimum Gasteiger partial charge on any atom is -0.480 e. The zero-order valence-electron chi connectivity index (χ0n) is 8.60. The Hall–Kier alpha value is -0.750. The molecule has 1 fully saturated rings. The third kappa shape index (κ3) is 4.53. The molecule has 5 nitrogen and oxygen atoms in total. The second kappa shape index (κ2) is 5.37. The molecule has 2 atom stereocenters. The van der Waals surface area contributed by atoms with E-state index in [0.717, 1.165) is 12.8 Å². The van der Waals surface area contributed by atoms with Crippen molar-refractivity contribution >= 4 is 23.6 Å². The fraction of sp³-hybridized carbons (Fsp3) is 0.778. The fourth-order valence-corrected chi connectivity index (χ4v) is 1.80. The minimum absolute atomic E-state index is 0.0277. The normalized spacial score (nSPS) is 19.3. The Morgan fingerprint density at radius 2 is 2.20 bits per heavy atom. The van der Waals surface area contributed by atoms with Gasteiger partial charge in [-0.3, -0.25) is 9.59 Å². The molecule has 4 N–H and O–H groups in total. The summed E-state index contributed by atoms with van der Waals surface area (Å²) in [5.41, 5.74) is 5.33. The molecule has 0 saturated heterocycles. The first-order chi connectivity index (χ1) is 7.00. The molecule has 6 heteroatoms. The highest BCUT2D eigenvalue weighted by Gasteiger charge is 2.26. The van der Waals surface area contributed by atoms with Gasteiger partial charge in [0, 0.05) is 11.8 Å². The van der Waals surface area contributed by atoms with E-state index in [1.165, 1.54) is 11.8 Å². The van der Waals surface area contributed by atoms with Crippen LogP contribution in [0.3, 0.4) is 0 Å². The predicted molar refractivity (Wildman–Crippen MR) is 58.7 cm³/mol. The number of carbonyl (C=O) groups excluding carboxylic acids is 1. The number of hydrogen-bond acceptors (Lipinski definition) is 4. The number of amides is 1. The summed E-state index contributed by atoms with van der Waals surface area (Å²) in [4.78, 5) is 21.9. The number of carbonyl (C=O) groups is 2. The largest absolute Gasteiger partial charge is 0.480 e. The van der Waals surface area contributed by atoms with E-state index in [0.29, 0.717) is 6.04 Å². The van der Waals surface area contributed by atoms with Gasteiger partial charge >= 0.3 is 5.97 Å². The number of nitrogens with two attached hydrogens (primary N) is 1. The van der Waals surface area contributed by atoms with Crippen LogP contribution in [0.4, 0.5) is 0 Å². The van der Waals surface area contributed by atoms with Gasteiger partial charge in [-0.05, 0) is 19.8 Å². The van der Waals surface area contributed by atoms with E-state index >= 15 is 0 Å². The molecule has 0 aromatic heterocycles. The Kier molecular flexibility index (Phi) is 4.41. The van der Waals surface area contributed by atoms with Crippen LogP contribution < -0.4 is 11.1 Å². The number of nitrogens with one attached hydrogen (secondary N) is 1. The molecule has 86 valence electrons. The third-order valence-electron chi connectivity index (χ3n) is 2.14. The van der Waals surface area contributed by atoms with Crippen LogP contribution in [0.1, 0.15) is 19.8 Å². The molecule has 0 heterocycles. The van der Waals surface area contributed by atoms with Crippen molar-refractivity contribution in [2.75, 3.05) is 5.75 Å². The molecule has 0 aliphatic heterocycles. The van der Waals surface area contributed by atoms with Crippen LogP contribution in [-0.4, -0.2) is 40.1 Å². The summed E-state index contributed by atoms with van der Waals surface area (Å²) in [6, 6.07) is -0.556. The first-order valence-electron chi connectivity index (χ1n) is 4.91. The van der Waals surface area contributed by atoms with E-state index in [1.807, 2.05) is 0 Å². The maximum Gasteiger partial charge on any atom is 0.321 e. The van der Waals surface area contributed by atoms with E-state index < -0.39 is 12.0 Å². The highest BCUT2D eigenvalue weighted by atomic mass is 32.2. The molecule has 0 aromatic rings. The standard InChI is InChI=1S/C9H16N2O3S/c1-5(8(12)11-6-2-3-6)15-4-7(10)9(13)14/h5-7H,2-4,10H2,1H3,(H,11,12)(H,13,14). The van der Waals surface area contributed by atoms with E-state index in [2.05, 4.69) is 5.32 Å². The first kappa shape index (κ1) is 12.3. The Balaban J connectivity index is 2.18. The maximum atomic E-state index is 11.5. The van der Waals surface area contributed by atoms with Crippen LogP contribution in [0.2, 0.25) is 0 Å². The zero-order chi connectivity index (χ0) is 11.4. The van der Waals surface area contributed by atoms with Gasteiger partial charge in [-0.15, -0.1) is 11.8 Å². The van der Waals surface area contributed by atoms with Gasteiger partial charge in [-0.2, -0.15) is 0 Å². The molecule has 0 spiro atoms. The van der Waals surface area contributed by atoms with Gasteiger partial charge in [0.2, 0.25) is 5.91 Å². The van der Waals surface area contributed by atoms with Crippen molar-refractivity contribution in [3.8, 4) is 0 Å². The molecular formula is C9H16N2O3S. The summed E-state index contributed by atoms with van der Waals surface area (Å²) >= 11 is 1.27. The average molecular weight is 232 g/mol. The quantitative estimate of drug-likeness (QED) is 0.589. The van der Waals surface area contributed by atoms with E-state index in [1.54, 1.807) is 6.92 Å². The van der Waals surface area contributed by atoms with Crippen molar-refractivity contribution in [2.45, 2.75) is 37.1 Å². The molecule has 1 saturated carbocycles. The lowest BCUT2D eigenvalue weighted by Gasteiger charge is -2.12. The second-order valence-electron chi connectivity index (χ2n) is 3.70. The Labute approximate surface area is 92.8 Å². The molecule has 1 aliphatic carbocycles. The highest BCUT2D eigenvalue weighted by molar-refractivity contribution is 8.00. The molecule has 0 aromatic carbocycles. The Morgan fingerprint density at radius 1 is 1.60 bits per heavy atom. The molecule has 0 bridgehead atoms. The summed E-state index contributed by atoms with van der Waals surface area (Å²) < 4.78 is 0. The molecule has 2 unspecified atom stereocenters. The molecule has 1 rings (SSSR count). The average Bonchev–Trinajstić information content (AvgIpc) is 2.96. The van der Waals surface area contributed by atoms with Crippen LogP contribution in [0.5, 0.6) is 0 Å². The first-order valence-corrected chi connectivity index (χ1v) is 5.96. The molecule has 1 aliphatic rings. The topological polar surface area (TPSA) is 92.4 Å². The van der Waals surface area contributed by atoms with Gasteiger partial charge in [0.15, 0.2) is 0 Å². The molecular weight excluding hydrogens is 216 g/mol. The van der Waals surface area contributed by atoms with Crippen molar-refractivity contribution < 1.29 is 14.7 Å². The van der Waals surface area contributed by atoms with Crippen molar-refractivity contribution in [2.24, 2.45) is 5.73 Å². The zero-order valence-corrected chi connectivity index (χ0v) is 9.42. The minimum atomic E-state index is -1.03. The van der Waals surface area contributed by atoms with Crippen LogP contribution in [-0.2, 0) is 9.59 Å². The maximum absolute atomic E-state index is 11.5. The summed E-state index contributed by atoms with van der Waals surface area (Å²) in [7, 11) is 0. The van der Waals surface area contributed by atoms with E-state index in [9.17, 15) is 9.59 Å². The number of aliphatic carboxylic acids is 1. The van der Waals surface area contributed by atoms with Crippen molar-refractivity contribution in [3.63, 3.8) is 0 Å². The predicted octanol–water partition coefficient (Wildman–Crippen LogP) is -0.201. The lowest BCUT2D eigenvalue weighted by Crippen LogP contribution is -2.36. The number of rotatable bonds is 6. The Morgan fingerprint density at radius 3 is 2.67 bits per heavy atom. The Bertz CT molecular complexity index is 256. The number of carboxylic acids is 1. The SMILES string of the molecule is CC(SCC(N)C(=O)O)C(=O)NC1CC1. The van der Waals surface area contributed by atoms with E-state index in [4.69, 9.17) is 10.8 Å². The van der Waals surface area contributed by atoms with Crippen LogP contribution in [0, 0.1) is 0 Å². The number of thioether (sulfide) groups is 1. The van der Waals surface area contributed by atoms with Gasteiger partial charge in [-0.1, -0.05) is 0 Å². The van der Waals surface area contributed by atoms with Crippen LogP contribution >= 0.6 is 11.8 Å². The molecule has 15 heavy (non-hydrogen) atoms. The van der Waals surface area contributed by atoms with Crippen molar-refractivity contribution in [1.29, 1.82) is 0 Å². The lowest BCUT2D eigenvalue weighted by atomic mass is 10.4. The smallest absolute Gasteiger partial charge is 0.321 e. The second-order valence-corrected chi connectivity index (χ2v) is 5.08. The van der Waals surface area contributed by atoms with Gasteiger partial charge in [0.05, 0.1) is 5.25 Å². The fourth-order valence-electron chi connectivity index (χ4n) is 0.941. The summed E-state index contributed by atoms with van der Waals surface area (Å²) in [5, 5.41) is 11.2. The van der Waals surface area contributed by atoms with E-state index in [-0.39, 0.29) is 16.9 Å². The molecule has 1 amide bonds. The third-order valence-corrected chi connectivity index (χ3v) is 3.40. The van der Waals surface area contributed by atoms with Gasteiger partial charge < -0.3 is 16.2 Å². The lowest BCUT2D eigenvalue weighted by molar-refractivity contribution is -0.138. The summed E-state index contributed by atoms with van der Waals surface area (Å²) in [6.07, 6.45) is 2.11. The van der Waals surface area contributed by atoms with Gasteiger partial charge in [0.25, 0.3) is 0 Å². The van der Waals surface area contributed by atoms with Crippen LogP contribution in [0.25, 0.3) is 0 Å². The van der Waals surface area contributed by atoms with Crippen molar-refractivity contribution in [3.05, 3.63) is 0 Å². The molecule has 0 radical (unpaired) electrons. The summed E-state index contributed by atoms with van der Waals surface area (Å²) in [6.45, 7) is 1.76. The number of hydrogen-bond donors (Lipinski definition) is 3. The van der Waals surface area contributed by atoms with Crippen molar-refractivity contribution in [1.82, 2.24) is 5.32 Å².